The Hall–Kier alpha value is -3.11. The summed E-state index contributed by atoms with van der Waals surface area (Å²) in [5.74, 6) is -0.272. The van der Waals surface area contributed by atoms with Gasteiger partial charge in [0, 0.05) is 22.7 Å². The molecule has 0 saturated heterocycles. The third kappa shape index (κ3) is 4.33. The van der Waals surface area contributed by atoms with Gasteiger partial charge in [-0.2, -0.15) is 0 Å². The molecule has 3 aromatic carbocycles. The summed E-state index contributed by atoms with van der Waals surface area (Å²) in [4.78, 5) is 27.5. The van der Waals surface area contributed by atoms with E-state index >= 15 is 0 Å². The smallest absolute Gasteiger partial charge is 0.244 e. The third-order valence-corrected chi connectivity index (χ3v) is 5.35. The molecule has 4 rings (SSSR count). The summed E-state index contributed by atoms with van der Waals surface area (Å²) in [5.41, 5.74) is 3.55. The van der Waals surface area contributed by atoms with Gasteiger partial charge in [0.1, 0.15) is 6.54 Å². The van der Waals surface area contributed by atoms with Crippen LogP contribution in [0.4, 0.5) is 5.69 Å². The third-order valence-electron chi connectivity index (χ3n) is 5.11. The van der Waals surface area contributed by atoms with Crippen molar-refractivity contribution >= 4 is 29.1 Å². The first kappa shape index (κ1) is 19.2. The fourth-order valence-electron chi connectivity index (χ4n) is 3.74. The van der Waals surface area contributed by atoms with E-state index in [9.17, 15) is 9.59 Å². The molecule has 1 aliphatic rings. The molecule has 1 atom stereocenters. The average Bonchev–Trinajstić information content (AvgIpc) is 2.89. The highest BCUT2D eigenvalue weighted by molar-refractivity contribution is 6.30. The number of aryl methyl sites for hydroxylation is 1. The van der Waals surface area contributed by atoms with Gasteiger partial charge in [-0.25, -0.2) is 0 Å². The molecule has 4 nitrogen and oxygen atoms in total. The van der Waals surface area contributed by atoms with Crippen LogP contribution in [0.5, 0.6) is 0 Å². The van der Waals surface area contributed by atoms with E-state index in [-0.39, 0.29) is 24.4 Å². The largest absolute Gasteiger partial charge is 0.324 e. The van der Waals surface area contributed by atoms with Crippen LogP contribution in [0.2, 0.25) is 5.02 Å². The van der Waals surface area contributed by atoms with Crippen LogP contribution in [-0.2, 0) is 16.0 Å². The number of carbonyl (C=O) groups excluding carboxylic acids is 2. The summed E-state index contributed by atoms with van der Waals surface area (Å²) < 4.78 is 0. The van der Waals surface area contributed by atoms with Gasteiger partial charge in [0.2, 0.25) is 11.8 Å². The van der Waals surface area contributed by atoms with Crippen molar-refractivity contribution in [2.45, 2.75) is 18.9 Å². The number of nitrogens with zero attached hydrogens (tertiary/aromatic N) is 1. The Kier molecular flexibility index (Phi) is 5.63. The number of anilines is 1. The number of hydrogen-bond donors (Lipinski definition) is 1. The first-order valence-electron chi connectivity index (χ1n) is 9.59. The SMILES string of the molecule is O=C1CN(C(=O)CCc2ccccc2)[C@@H](c2ccccc2)c2cc(Cl)ccc2N1. The minimum atomic E-state index is -0.382. The fraction of sp³-hybridized carbons (Fsp3) is 0.167. The highest BCUT2D eigenvalue weighted by Gasteiger charge is 2.33. The number of amides is 2. The van der Waals surface area contributed by atoms with Gasteiger partial charge in [-0.05, 0) is 35.7 Å². The van der Waals surface area contributed by atoms with Crippen LogP contribution in [-0.4, -0.2) is 23.3 Å². The molecule has 1 heterocycles. The lowest BCUT2D eigenvalue weighted by Crippen LogP contribution is -2.39. The average molecular weight is 405 g/mol. The molecule has 0 radical (unpaired) electrons. The van der Waals surface area contributed by atoms with Crippen LogP contribution in [0.1, 0.15) is 29.2 Å². The predicted molar refractivity (Wildman–Crippen MR) is 115 cm³/mol. The van der Waals surface area contributed by atoms with Crippen molar-refractivity contribution in [3.8, 4) is 0 Å². The highest BCUT2D eigenvalue weighted by Crippen LogP contribution is 2.37. The number of carbonyl (C=O) groups is 2. The fourth-order valence-corrected chi connectivity index (χ4v) is 3.92. The molecule has 0 saturated carbocycles. The Morgan fingerprint density at radius 2 is 1.69 bits per heavy atom. The van der Waals surface area contributed by atoms with Gasteiger partial charge in [-0.3, -0.25) is 9.59 Å². The van der Waals surface area contributed by atoms with Crippen molar-refractivity contribution in [2.75, 3.05) is 11.9 Å². The van der Waals surface area contributed by atoms with Gasteiger partial charge >= 0.3 is 0 Å². The molecule has 5 heteroatoms. The zero-order chi connectivity index (χ0) is 20.2. The van der Waals surface area contributed by atoms with Gasteiger partial charge in [-0.1, -0.05) is 72.3 Å². The molecule has 29 heavy (non-hydrogen) atoms. The molecule has 0 unspecified atom stereocenters. The van der Waals surface area contributed by atoms with Crippen LogP contribution in [0.3, 0.4) is 0 Å². The van der Waals surface area contributed by atoms with Gasteiger partial charge in [-0.15, -0.1) is 0 Å². The lowest BCUT2D eigenvalue weighted by atomic mass is 9.95. The Balaban J connectivity index is 1.71. The Morgan fingerprint density at radius 3 is 2.41 bits per heavy atom. The van der Waals surface area contributed by atoms with Crippen LogP contribution < -0.4 is 5.32 Å². The van der Waals surface area contributed by atoms with Crippen LogP contribution >= 0.6 is 11.6 Å². The number of fused-ring (bicyclic) bond motifs is 1. The Morgan fingerprint density at radius 1 is 1.00 bits per heavy atom. The highest BCUT2D eigenvalue weighted by atomic mass is 35.5. The van der Waals surface area contributed by atoms with E-state index in [0.29, 0.717) is 23.6 Å². The second kappa shape index (κ2) is 8.50. The summed E-state index contributed by atoms with van der Waals surface area (Å²) in [7, 11) is 0. The lowest BCUT2D eigenvalue weighted by Gasteiger charge is -2.30. The molecule has 3 aromatic rings. The predicted octanol–water partition coefficient (Wildman–Crippen LogP) is 4.84. The van der Waals surface area contributed by atoms with E-state index < -0.39 is 0 Å². The summed E-state index contributed by atoms with van der Waals surface area (Å²) in [6.45, 7) is -0.000513. The molecule has 0 fully saturated rings. The van der Waals surface area contributed by atoms with Crippen LogP contribution in [0.25, 0.3) is 0 Å². The Labute approximate surface area is 175 Å². The van der Waals surface area contributed by atoms with Crippen molar-refractivity contribution < 1.29 is 9.59 Å². The summed E-state index contributed by atoms with van der Waals surface area (Å²) in [6.07, 6.45) is 0.957. The quantitative estimate of drug-likeness (QED) is 0.676. The minimum Gasteiger partial charge on any atom is -0.324 e. The summed E-state index contributed by atoms with van der Waals surface area (Å²) in [5, 5.41) is 3.48. The van der Waals surface area contributed by atoms with Gasteiger partial charge in [0.05, 0.1) is 6.04 Å². The minimum absolute atomic E-state index is 0.000513. The van der Waals surface area contributed by atoms with Crippen molar-refractivity contribution in [3.05, 3.63) is 101 Å². The number of benzene rings is 3. The van der Waals surface area contributed by atoms with Crippen molar-refractivity contribution in [2.24, 2.45) is 0 Å². The zero-order valence-electron chi connectivity index (χ0n) is 15.8. The van der Waals surface area contributed by atoms with Crippen LogP contribution in [0.15, 0.2) is 78.9 Å². The number of hydrogen-bond acceptors (Lipinski definition) is 2. The topological polar surface area (TPSA) is 49.4 Å². The molecule has 1 aliphatic heterocycles. The lowest BCUT2D eigenvalue weighted by molar-refractivity contribution is -0.136. The van der Waals surface area contributed by atoms with Gasteiger partial charge < -0.3 is 10.2 Å². The molecule has 0 spiro atoms. The first-order chi connectivity index (χ1) is 14.1. The summed E-state index contributed by atoms with van der Waals surface area (Å²) in [6, 6.07) is 24.6. The standard InChI is InChI=1S/C24H21ClN2O2/c25-19-12-13-21-20(15-19)24(18-9-5-2-6-10-18)27(16-22(28)26-21)23(29)14-11-17-7-3-1-4-8-17/h1-10,12-13,15,24H,11,14,16H2,(H,26,28)/t24-/m0/s1. The zero-order valence-corrected chi connectivity index (χ0v) is 16.6. The van der Waals surface area contributed by atoms with Crippen molar-refractivity contribution in [1.29, 1.82) is 0 Å². The van der Waals surface area contributed by atoms with E-state index in [1.165, 1.54) is 0 Å². The monoisotopic (exact) mass is 404 g/mol. The molecule has 0 aromatic heterocycles. The molecule has 0 aliphatic carbocycles. The second-order valence-corrected chi connectivity index (χ2v) is 7.54. The van der Waals surface area contributed by atoms with Crippen LogP contribution in [0, 0.1) is 0 Å². The maximum absolute atomic E-state index is 13.3. The summed E-state index contributed by atoms with van der Waals surface area (Å²) >= 11 is 6.27. The molecular formula is C24H21ClN2O2. The number of nitrogens with one attached hydrogen (secondary N) is 1. The maximum Gasteiger partial charge on any atom is 0.244 e. The molecule has 146 valence electrons. The van der Waals surface area contributed by atoms with E-state index in [2.05, 4.69) is 5.32 Å². The van der Waals surface area contributed by atoms with Gasteiger partial charge in [0.25, 0.3) is 0 Å². The number of halogens is 1. The van der Waals surface area contributed by atoms with Gasteiger partial charge in [0.15, 0.2) is 0 Å². The number of rotatable bonds is 4. The van der Waals surface area contributed by atoms with E-state index in [1.807, 2.05) is 66.7 Å². The first-order valence-corrected chi connectivity index (χ1v) is 9.97. The molecule has 2 amide bonds. The van der Waals surface area contributed by atoms with Crippen molar-refractivity contribution in [1.82, 2.24) is 4.90 Å². The second-order valence-electron chi connectivity index (χ2n) is 7.10. The van der Waals surface area contributed by atoms with E-state index in [1.54, 1.807) is 17.0 Å². The van der Waals surface area contributed by atoms with E-state index in [4.69, 9.17) is 11.6 Å². The normalized spacial score (nSPS) is 16.0. The molecular weight excluding hydrogens is 384 g/mol. The Bertz CT molecular complexity index is 1020. The van der Waals surface area contributed by atoms with Crippen molar-refractivity contribution in [3.63, 3.8) is 0 Å². The maximum atomic E-state index is 13.3. The van der Waals surface area contributed by atoms with E-state index in [0.717, 1.165) is 16.7 Å². The molecule has 1 N–H and O–H groups in total. The molecule has 0 bridgehead atoms.